The SMILES string of the molecule is Nc1nc(-c2ccccn2)nn1-c1ccc(OC(F)(F)F)cc1. The Balaban J connectivity index is 1.89. The number of pyridine rings is 1. The zero-order valence-corrected chi connectivity index (χ0v) is 11.5. The number of rotatable bonds is 3. The van der Waals surface area contributed by atoms with E-state index in [1.165, 1.54) is 28.9 Å². The molecule has 0 amide bonds. The minimum Gasteiger partial charge on any atom is -0.406 e. The van der Waals surface area contributed by atoms with Gasteiger partial charge in [0.2, 0.25) is 11.8 Å². The minimum atomic E-state index is -4.74. The summed E-state index contributed by atoms with van der Waals surface area (Å²) in [4.78, 5) is 8.21. The van der Waals surface area contributed by atoms with Crippen LogP contribution < -0.4 is 10.5 Å². The van der Waals surface area contributed by atoms with Gasteiger partial charge in [-0.3, -0.25) is 4.98 Å². The van der Waals surface area contributed by atoms with Crippen LogP contribution in [0.2, 0.25) is 0 Å². The van der Waals surface area contributed by atoms with E-state index in [2.05, 4.69) is 19.8 Å². The number of nitrogen functional groups attached to an aromatic ring is 1. The number of anilines is 1. The van der Waals surface area contributed by atoms with Crippen molar-refractivity contribution in [3.63, 3.8) is 0 Å². The molecule has 9 heteroatoms. The number of hydrogen-bond donors (Lipinski definition) is 1. The minimum absolute atomic E-state index is 0.0927. The molecular formula is C14H10F3N5O. The molecule has 118 valence electrons. The van der Waals surface area contributed by atoms with Crippen molar-refractivity contribution in [2.75, 3.05) is 5.73 Å². The third-order valence-electron chi connectivity index (χ3n) is 2.84. The molecule has 2 heterocycles. The fraction of sp³-hybridized carbons (Fsp3) is 0.0714. The average Bonchev–Trinajstić information content (AvgIpc) is 2.89. The van der Waals surface area contributed by atoms with E-state index in [-0.39, 0.29) is 11.7 Å². The summed E-state index contributed by atoms with van der Waals surface area (Å²) in [5.74, 6) is 0.0822. The average molecular weight is 321 g/mol. The van der Waals surface area contributed by atoms with Gasteiger partial charge in [-0.05, 0) is 36.4 Å². The van der Waals surface area contributed by atoms with E-state index in [0.29, 0.717) is 17.2 Å². The summed E-state index contributed by atoms with van der Waals surface area (Å²) in [5.41, 5.74) is 6.79. The number of benzene rings is 1. The van der Waals surface area contributed by atoms with E-state index >= 15 is 0 Å². The Kier molecular flexibility index (Phi) is 3.61. The number of hydrogen-bond acceptors (Lipinski definition) is 5. The molecule has 0 aliphatic rings. The van der Waals surface area contributed by atoms with Gasteiger partial charge in [-0.25, -0.2) is 0 Å². The molecule has 0 unspecified atom stereocenters. The Labute approximate surface area is 128 Å². The number of nitrogens with zero attached hydrogens (tertiary/aromatic N) is 4. The first-order valence-corrected chi connectivity index (χ1v) is 6.42. The molecule has 6 nitrogen and oxygen atoms in total. The van der Waals surface area contributed by atoms with Crippen molar-refractivity contribution in [3.05, 3.63) is 48.7 Å². The number of alkyl halides is 3. The summed E-state index contributed by atoms with van der Waals surface area (Å²) < 4.78 is 41.5. The lowest BCUT2D eigenvalue weighted by molar-refractivity contribution is -0.274. The molecule has 2 N–H and O–H groups in total. The molecule has 0 aliphatic heterocycles. The van der Waals surface area contributed by atoms with Gasteiger partial charge in [0, 0.05) is 6.20 Å². The van der Waals surface area contributed by atoms with Gasteiger partial charge in [0.25, 0.3) is 0 Å². The summed E-state index contributed by atoms with van der Waals surface area (Å²) in [6, 6.07) is 10.4. The van der Waals surface area contributed by atoms with Crippen molar-refractivity contribution in [1.82, 2.24) is 19.7 Å². The maximum Gasteiger partial charge on any atom is 0.573 e. The lowest BCUT2D eigenvalue weighted by Crippen LogP contribution is -2.17. The Morgan fingerprint density at radius 2 is 1.78 bits per heavy atom. The van der Waals surface area contributed by atoms with E-state index in [0.717, 1.165) is 0 Å². The van der Waals surface area contributed by atoms with Crippen molar-refractivity contribution in [2.45, 2.75) is 6.36 Å². The predicted octanol–water partition coefficient (Wildman–Crippen LogP) is 2.81. The molecule has 0 radical (unpaired) electrons. The molecule has 3 aromatic rings. The summed E-state index contributed by atoms with van der Waals surface area (Å²) in [6.45, 7) is 0. The Hall–Kier alpha value is -3.10. The molecule has 1 aromatic carbocycles. The highest BCUT2D eigenvalue weighted by Gasteiger charge is 2.31. The second-order valence-corrected chi connectivity index (χ2v) is 4.46. The van der Waals surface area contributed by atoms with Gasteiger partial charge in [0.1, 0.15) is 11.4 Å². The predicted molar refractivity (Wildman–Crippen MR) is 75.7 cm³/mol. The number of nitrogens with two attached hydrogens (primary N) is 1. The number of halogens is 3. The monoisotopic (exact) mass is 321 g/mol. The van der Waals surface area contributed by atoms with Crippen molar-refractivity contribution in [3.8, 4) is 23.0 Å². The van der Waals surface area contributed by atoms with Gasteiger partial charge in [-0.1, -0.05) is 6.07 Å². The van der Waals surface area contributed by atoms with Gasteiger partial charge >= 0.3 is 6.36 Å². The van der Waals surface area contributed by atoms with Gasteiger partial charge < -0.3 is 10.5 Å². The summed E-state index contributed by atoms with van der Waals surface area (Å²) >= 11 is 0. The van der Waals surface area contributed by atoms with E-state index in [1.807, 2.05) is 0 Å². The Morgan fingerprint density at radius 3 is 2.39 bits per heavy atom. The largest absolute Gasteiger partial charge is 0.573 e. The quantitative estimate of drug-likeness (QED) is 0.802. The van der Waals surface area contributed by atoms with Crippen LogP contribution in [-0.4, -0.2) is 26.1 Å². The second-order valence-electron chi connectivity index (χ2n) is 4.46. The van der Waals surface area contributed by atoms with E-state index in [1.54, 1.807) is 24.4 Å². The van der Waals surface area contributed by atoms with Gasteiger partial charge in [0.05, 0.1) is 5.69 Å². The first-order valence-electron chi connectivity index (χ1n) is 6.42. The van der Waals surface area contributed by atoms with Crippen LogP contribution in [-0.2, 0) is 0 Å². The molecule has 0 aliphatic carbocycles. The fourth-order valence-corrected chi connectivity index (χ4v) is 1.91. The molecule has 0 bridgehead atoms. The van der Waals surface area contributed by atoms with Crippen molar-refractivity contribution < 1.29 is 17.9 Å². The van der Waals surface area contributed by atoms with Crippen LogP contribution in [0.3, 0.4) is 0 Å². The molecule has 3 rings (SSSR count). The zero-order valence-electron chi connectivity index (χ0n) is 11.5. The van der Waals surface area contributed by atoms with Crippen LogP contribution in [0.4, 0.5) is 19.1 Å². The molecule has 0 saturated carbocycles. The van der Waals surface area contributed by atoms with Crippen LogP contribution in [0, 0.1) is 0 Å². The smallest absolute Gasteiger partial charge is 0.406 e. The first-order chi connectivity index (χ1) is 10.9. The van der Waals surface area contributed by atoms with Gasteiger partial charge in [-0.2, -0.15) is 9.67 Å². The normalized spacial score (nSPS) is 11.4. The fourth-order valence-electron chi connectivity index (χ4n) is 1.91. The standard InChI is InChI=1S/C14H10F3N5O/c15-14(16,17)23-10-6-4-9(5-7-10)22-13(18)20-12(21-22)11-3-1-2-8-19-11/h1-8H,(H2,18,20,21). The van der Waals surface area contributed by atoms with Crippen LogP contribution in [0.15, 0.2) is 48.7 Å². The van der Waals surface area contributed by atoms with Crippen molar-refractivity contribution in [1.29, 1.82) is 0 Å². The first kappa shape index (κ1) is 14.8. The molecule has 0 fully saturated rings. The third kappa shape index (κ3) is 3.39. The lowest BCUT2D eigenvalue weighted by Gasteiger charge is -2.09. The molecule has 2 aromatic heterocycles. The van der Waals surface area contributed by atoms with E-state index < -0.39 is 6.36 Å². The topological polar surface area (TPSA) is 78.9 Å². The van der Waals surface area contributed by atoms with Crippen LogP contribution in [0.25, 0.3) is 17.2 Å². The third-order valence-corrected chi connectivity index (χ3v) is 2.84. The van der Waals surface area contributed by atoms with Crippen LogP contribution >= 0.6 is 0 Å². The van der Waals surface area contributed by atoms with Crippen molar-refractivity contribution >= 4 is 5.95 Å². The van der Waals surface area contributed by atoms with Crippen LogP contribution in [0.5, 0.6) is 5.75 Å². The molecule has 0 saturated heterocycles. The number of ether oxygens (including phenoxy) is 1. The number of aromatic nitrogens is 4. The zero-order chi connectivity index (χ0) is 16.4. The van der Waals surface area contributed by atoms with Gasteiger partial charge in [-0.15, -0.1) is 18.3 Å². The lowest BCUT2D eigenvalue weighted by atomic mass is 10.3. The highest BCUT2D eigenvalue weighted by Crippen LogP contribution is 2.24. The molecule has 23 heavy (non-hydrogen) atoms. The van der Waals surface area contributed by atoms with Crippen molar-refractivity contribution in [2.24, 2.45) is 0 Å². The highest BCUT2D eigenvalue weighted by molar-refractivity contribution is 5.52. The summed E-state index contributed by atoms with van der Waals surface area (Å²) in [7, 11) is 0. The van der Waals surface area contributed by atoms with Crippen LogP contribution in [0.1, 0.15) is 0 Å². The Bertz CT molecular complexity index is 800. The van der Waals surface area contributed by atoms with E-state index in [9.17, 15) is 13.2 Å². The van der Waals surface area contributed by atoms with E-state index in [4.69, 9.17) is 5.73 Å². The molecular weight excluding hydrogens is 311 g/mol. The van der Waals surface area contributed by atoms with Gasteiger partial charge in [0.15, 0.2) is 0 Å². The summed E-state index contributed by atoms with van der Waals surface area (Å²) in [5, 5.41) is 4.21. The maximum absolute atomic E-state index is 12.1. The summed E-state index contributed by atoms with van der Waals surface area (Å²) in [6.07, 6.45) is -3.14. The maximum atomic E-state index is 12.1. The second kappa shape index (κ2) is 5.59. The molecule has 0 atom stereocenters. The molecule has 0 spiro atoms. The Morgan fingerprint density at radius 1 is 1.04 bits per heavy atom. The highest BCUT2D eigenvalue weighted by atomic mass is 19.4.